The first-order chi connectivity index (χ1) is 9.10. The Labute approximate surface area is 117 Å². The third-order valence-corrected chi connectivity index (χ3v) is 3.94. The summed E-state index contributed by atoms with van der Waals surface area (Å²) in [7, 11) is 0. The lowest BCUT2D eigenvalue weighted by Gasteiger charge is -2.19. The lowest BCUT2D eigenvalue weighted by atomic mass is 9.97. The number of carboxylic acid groups (broad SMARTS) is 1. The Balaban J connectivity index is 2.73. The average Bonchev–Trinajstić information content (AvgIpc) is 2.88. The predicted octanol–water partition coefficient (Wildman–Crippen LogP) is 3.21. The van der Waals surface area contributed by atoms with Gasteiger partial charge in [-0.05, 0) is 24.3 Å². The molecule has 0 aliphatic rings. The molecule has 0 radical (unpaired) electrons. The monoisotopic (exact) mass is 283 g/mol. The minimum absolute atomic E-state index is 0.0863. The van der Waals surface area contributed by atoms with Crippen LogP contribution in [0.4, 0.5) is 0 Å². The van der Waals surface area contributed by atoms with E-state index in [1.54, 1.807) is 12.1 Å². The van der Waals surface area contributed by atoms with Gasteiger partial charge < -0.3 is 10.4 Å². The van der Waals surface area contributed by atoms with Gasteiger partial charge >= 0.3 is 5.97 Å². The van der Waals surface area contributed by atoms with Crippen molar-refractivity contribution in [3.63, 3.8) is 0 Å². The van der Waals surface area contributed by atoms with Gasteiger partial charge in [0.05, 0.1) is 0 Å². The third kappa shape index (κ3) is 4.67. The molecular formula is C14H21NO3S. The summed E-state index contributed by atoms with van der Waals surface area (Å²) in [5, 5.41) is 13.7. The van der Waals surface area contributed by atoms with E-state index >= 15 is 0 Å². The summed E-state index contributed by atoms with van der Waals surface area (Å²) < 4.78 is 0. The molecule has 4 nitrogen and oxygen atoms in total. The molecule has 1 amide bonds. The zero-order valence-electron chi connectivity index (χ0n) is 11.4. The average molecular weight is 283 g/mol. The zero-order valence-corrected chi connectivity index (χ0v) is 12.2. The lowest BCUT2D eigenvalue weighted by Crippen LogP contribution is -2.37. The summed E-state index contributed by atoms with van der Waals surface area (Å²) in [6.07, 6.45) is 3.45. The maximum absolute atomic E-state index is 12.2. The van der Waals surface area contributed by atoms with Gasteiger partial charge in [0.25, 0.3) is 0 Å². The normalized spacial score (nSPS) is 12.4. The van der Waals surface area contributed by atoms with Crippen LogP contribution in [0.1, 0.15) is 50.4 Å². The summed E-state index contributed by atoms with van der Waals surface area (Å²) >= 11 is 1.34. The molecule has 0 fully saturated rings. The largest absolute Gasteiger partial charge is 0.479 e. The number of thiophene rings is 1. The van der Waals surface area contributed by atoms with E-state index in [-0.39, 0.29) is 11.8 Å². The molecule has 1 rings (SSSR count). The smallest absolute Gasteiger partial charge is 0.331 e. The number of amides is 1. The number of nitrogens with one attached hydrogen (secondary N) is 1. The van der Waals surface area contributed by atoms with E-state index < -0.39 is 12.0 Å². The molecule has 0 aliphatic heterocycles. The van der Waals surface area contributed by atoms with Gasteiger partial charge in [-0.1, -0.05) is 32.8 Å². The minimum Gasteiger partial charge on any atom is -0.479 e. The highest BCUT2D eigenvalue weighted by molar-refractivity contribution is 7.10. The summed E-state index contributed by atoms with van der Waals surface area (Å²) in [4.78, 5) is 24.1. The second-order valence-corrected chi connectivity index (χ2v) is 5.55. The van der Waals surface area contributed by atoms with Crippen LogP contribution >= 0.6 is 11.3 Å². The van der Waals surface area contributed by atoms with E-state index in [2.05, 4.69) is 5.32 Å². The molecule has 1 heterocycles. The maximum atomic E-state index is 12.2. The topological polar surface area (TPSA) is 66.4 Å². The number of hydrogen-bond donors (Lipinski definition) is 2. The third-order valence-electron chi connectivity index (χ3n) is 3.01. The van der Waals surface area contributed by atoms with Gasteiger partial charge in [0.15, 0.2) is 6.04 Å². The van der Waals surface area contributed by atoms with Crippen molar-refractivity contribution in [3.8, 4) is 0 Å². The van der Waals surface area contributed by atoms with Crippen molar-refractivity contribution >= 4 is 23.2 Å². The SMILES string of the molecule is CCCC(CCC)C(=O)NC(C(=O)O)c1cccs1. The van der Waals surface area contributed by atoms with Crippen LogP contribution in [0, 0.1) is 5.92 Å². The highest BCUT2D eigenvalue weighted by atomic mass is 32.1. The van der Waals surface area contributed by atoms with Crippen LogP contribution in [-0.2, 0) is 9.59 Å². The number of carbonyl (C=O) groups is 2. The van der Waals surface area contributed by atoms with Gasteiger partial charge in [-0.3, -0.25) is 4.79 Å². The molecule has 0 saturated heterocycles. The molecule has 0 saturated carbocycles. The number of carboxylic acids is 1. The lowest BCUT2D eigenvalue weighted by molar-refractivity contribution is -0.142. The Morgan fingerprint density at radius 2 is 1.95 bits per heavy atom. The molecule has 1 aromatic rings. The molecule has 0 aromatic carbocycles. The molecule has 5 heteroatoms. The Bertz CT molecular complexity index is 397. The van der Waals surface area contributed by atoms with Crippen LogP contribution in [0.5, 0.6) is 0 Å². The van der Waals surface area contributed by atoms with Gasteiger partial charge in [-0.25, -0.2) is 4.79 Å². The standard InChI is InChI=1S/C14H21NO3S/c1-3-6-10(7-4-2)13(16)15-12(14(17)18)11-8-5-9-19-11/h5,8-10,12H,3-4,6-7H2,1-2H3,(H,15,16)(H,17,18). The molecule has 1 atom stereocenters. The first-order valence-corrected chi connectivity index (χ1v) is 7.54. The van der Waals surface area contributed by atoms with E-state index in [0.717, 1.165) is 25.7 Å². The molecular weight excluding hydrogens is 262 g/mol. The fourth-order valence-electron chi connectivity index (χ4n) is 2.07. The van der Waals surface area contributed by atoms with Crippen molar-refractivity contribution in [2.75, 3.05) is 0 Å². The zero-order chi connectivity index (χ0) is 14.3. The first kappa shape index (κ1) is 15.7. The Morgan fingerprint density at radius 1 is 1.32 bits per heavy atom. The van der Waals surface area contributed by atoms with Crippen molar-refractivity contribution in [3.05, 3.63) is 22.4 Å². The molecule has 0 spiro atoms. The summed E-state index contributed by atoms with van der Waals surface area (Å²) in [5.41, 5.74) is 0. The van der Waals surface area contributed by atoms with Gasteiger partial charge in [-0.2, -0.15) is 0 Å². The van der Waals surface area contributed by atoms with Crippen molar-refractivity contribution in [2.45, 2.75) is 45.6 Å². The summed E-state index contributed by atoms with van der Waals surface area (Å²) in [6.45, 7) is 4.06. The number of rotatable bonds is 8. The molecule has 0 aliphatic carbocycles. The minimum atomic E-state index is -1.01. The van der Waals surface area contributed by atoms with Gasteiger partial charge in [-0.15, -0.1) is 11.3 Å². The van der Waals surface area contributed by atoms with Gasteiger partial charge in [0.1, 0.15) is 0 Å². The Hall–Kier alpha value is -1.36. The maximum Gasteiger partial charge on any atom is 0.331 e. The van der Waals surface area contributed by atoms with E-state index in [1.165, 1.54) is 11.3 Å². The van der Waals surface area contributed by atoms with Crippen LogP contribution in [0.3, 0.4) is 0 Å². The first-order valence-electron chi connectivity index (χ1n) is 6.66. The quantitative estimate of drug-likeness (QED) is 0.770. The second-order valence-electron chi connectivity index (χ2n) is 4.57. The Morgan fingerprint density at radius 3 is 2.37 bits per heavy atom. The van der Waals surface area contributed by atoms with Crippen LogP contribution < -0.4 is 5.32 Å². The fraction of sp³-hybridized carbons (Fsp3) is 0.571. The van der Waals surface area contributed by atoms with Crippen molar-refractivity contribution in [1.29, 1.82) is 0 Å². The highest BCUT2D eigenvalue weighted by Gasteiger charge is 2.26. The number of hydrogen-bond acceptors (Lipinski definition) is 3. The predicted molar refractivity (Wildman–Crippen MR) is 76.1 cm³/mol. The number of aliphatic carboxylic acids is 1. The van der Waals surface area contributed by atoms with Crippen LogP contribution in [-0.4, -0.2) is 17.0 Å². The number of carbonyl (C=O) groups excluding carboxylic acids is 1. The van der Waals surface area contributed by atoms with Crippen molar-refractivity contribution in [2.24, 2.45) is 5.92 Å². The summed E-state index contributed by atoms with van der Waals surface area (Å²) in [6, 6.07) is 2.60. The van der Waals surface area contributed by atoms with E-state index in [9.17, 15) is 14.7 Å². The molecule has 19 heavy (non-hydrogen) atoms. The molecule has 2 N–H and O–H groups in total. The second kappa shape index (κ2) is 7.94. The van der Waals surface area contributed by atoms with Crippen molar-refractivity contribution in [1.82, 2.24) is 5.32 Å². The molecule has 1 aromatic heterocycles. The molecule has 1 unspecified atom stereocenters. The van der Waals surface area contributed by atoms with E-state index in [1.807, 2.05) is 19.2 Å². The van der Waals surface area contributed by atoms with Crippen molar-refractivity contribution < 1.29 is 14.7 Å². The molecule has 0 bridgehead atoms. The highest BCUT2D eigenvalue weighted by Crippen LogP contribution is 2.21. The van der Waals surface area contributed by atoms with E-state index in [0.29, 0.717) is 4.88 Å². The Kier molecular flexibility index (Phi) is 6.56. The molecule has 106 valence electrons. The van der Waals surface area contributed by atoms with Crippen LogP contribution in [0.2, 0.25) is 0 Å². The van der Waals surface area contributed by atoms with Crippen LogP contribution in [0.25, 0.3) is 0 Å². The summed E-state index contributed by atoms with van der Waals surface area (Å²) in [5.74, 6) is -1.25. The van der Waals surface area contributed by atoms with Gasteiger partial charge in [0.2, 0.25) is 5.91 Å². The van der Waals surface area contributed by atoms with Gasteiger partial charge in [0, 0.05) is 10.8 Å². The van der Waals surface area contributed by atoms with E-state index in [4.69, 9.17) is 0 Å². The fourth-order valence-corrected chi connectivity index (χ4v) is 2.84. The van der Waals surface area contributed by atoms with Crippen LogP contribution in [0.15, 0.2) is 17.5 Å².